The highest BCUT2D eigenvalue weighted by molar-refractivity contribution is 14.1. The van der Waals surface area contributed by atoms with Crippen molar-refractivity contribution < 1.29 is 17.2 Å². The topological polar surface area (TPSA) is 73.1 Å². The summed E-state index contributed by atoms with van der Waals surface area (Å²) in [4.78, 5) is 3.33. The Hall–Kier alpha value is 0.130. The van der Waals surface area contributed by atoms with Crippen LogP contribution in [0.1, 0.15) is 12.1 Å². The van der Waals surface area contributed by atoms with E-state index >= 15 is 0 Å². The molecule has 1 aromatic heterocycles. The van der Waals surface area contributed by atoms with Crippen molar-refractivity contribution in [3.63, 3.8) is 0 Å². The van der Waals surface area contributed by atoms with Gasteiger partial charge in [-0.25, -0.2) is 27.3 Å². The molecular formula is C6H4BrF2IN2O2S. The lowest BCUT2D eigenvalue weighted by Crippen LogP contribution is -2.17. The largest absolute Gasteiger partial charge is 0.281 e. The summed E-state index contributed by atoms with van der Waals surface area (Å²) in [5.74, 6) is 0. The molecular weight excluding hydrogens is 409 g/mol. The third-order valence-corrected chi connectivity index (χ3v) is 4.07. The Labute approximate surface area is 107 Å². The van der Waals surface area contributed by atoms with Crippen LogP contribution in [0, 0.1) is 3.57 Å². The van der Waals surface area contributed by atoms with Gasteiger partial charge in [0.25, 0.3) is 16.4 Å². The molecule has 0 fully saturated rings. The molecule has 9 heteroatoms. The van der Waals surface area contributed by atoms with Crippen molar-refractivity contribution in [3.8, 4) is 0 Å². The Morgan fingerprint density at radius 1 is 1.53 bits per heavy atom. The number of hydrogen-bond acceptors (Lipinski definition) is 3. The van der Waals surface area contributed by atoms with E-state index < -0.39 is 27.2 Å². The van der Waals surface area contributed by atoms with E-state index in [2.05, 4.69) is 20.9 Å². The second-order valence-corrected chi connectivity index (χ2v) is 5.98. The number of alkyl halides is 2. The van der Waals surface area contributed by atoms with Gasteiger partial charge >= 0.3 is 0 Å². The Morgan fingerprint density at radius 3 is 2.47 bits per heavy atom. The fourth-order valence-electron chi connectivity index (χ4n) is 0.816. The quantitative estimate of drug-likeness (QED) is 0.755. The molecule has 0 aromatic carbocycles. The molecule has 0 aliphatic rings. The SMILES string of the molecule is NS(=O)(=O)c1nc(C(F)F)c(Br)cc1I. The molecule has 0 aliphatic carbocycles. The highest BCUT2D eigenvalue weighted by Gasteiger charge is 2.21. The van der Waals surface area contributed by atoms with Crippen molar-refractivity contribution in [1.82, 2.24) is 4.98 Å². The lowest BCUT2D eigenvalue weighted by atomic mass is 10.4. The maximum Gasteiger partial charge on any atom is 0.281 e. The smallest absolute Gasteiger partial charge is 0.232 e. The van der Waals surface area contributed by atoms with Crippen LogP contribution in [0.25, 0.3) is 0 Å². The first-order valence-corrected chi connectivity index (χ1v) is 6.82. The summed E-state index contributed by atoms with van der Waals surface area (Å²) in [6, 6.07) is 1.23. The van der Waals surface area contributed by atoms with Gasteiger partial charge in [-0.15, -0.1) is 0 Å². The normalized spacial score (nSPS) is 12.1. The standard InChI is InChI=1S/C6H4BrF2IN2O2S/c7-2-1-3(10)6(15(11,13)14)12-4(2)5(8)9/h1,5H,(H2,11,13,14). The minimum absolute atomic E-state index is 0.0503. The molecule has 0 aliphatic heterocycles. The van der Waals surface area contributed by atoms with Crippen LogP contribution in [0.5, 0.6) is 0 Å². The first kappa shape index (κ1) is 13.2. The van der Waals surface area contributed by atoms with Crippen molar-refractivity contribution in [2.45, 2.75) is 11.5 Å². The zero-order valence-electron chi connectivity index (χ0n) is 6.92. The molecule has 0 radical (unpaired) electrons. The Balaban J connectivity index is 3.50. The number of primary sulfonamides is 1. The summed E-state index contributed by atoms with van der Waals surface area (Å²) in [5.41, 5.74) is -0.639. The van der Waals surface area contributed by atoms with Crippen LogP contribution in [0.2, 0.25) is 0 Å². The second-order valence-electron chi connectivity index (χ2n) is 2.49. The molecule has 84 valence electrons. The molecule has 0 unspecified atom stereocenters. The molecule has 15 heavy (non-hydrogen) atoms. The van der Waals surface area contributed by atoms with Gasteiger partial charge in [-0.05, 0) is 44.6 Å². The van der Waals surface area contributed by atoms with Crippen molar-refractivity contribution in [3.05, 3.63) is 19.8 Å². The number of aromatic nitrogens is 1. The van der Waals surface area contributed by atoms with E-state index in [1.807, 2.05) is 0 Å². The molecule has 0 saturated carbocycles. The van der Waals surface area contributed by atoms with Gasteiger partial charge in [-0.3, -0.25) is 0 Å². The molecule has 0 bridgehead atoms. The zero-order chi connectivity index (χ0) is 11.8. The van der Waals surface area contributed by atoms with Crippen molar-refractivity contribution in [2.24, 2.45) is 5.14 Å². The first-order chi connectivity index (χ1) is 6.73. The van der Waals surface area contributed by atoms with E-state index in [4.69, 9.17) is 5.14 Å². The number of nitrogens with zero attached hydrogens (tertiary/aromatic N) is 1. The summed E-state index contributed by atoms with van der Waals surface area (Å²) < 4.78 is 47.0. The summed E-state index contributed by atoms with van der Waals surface area (Å²) in [7, 11) is -4.08. The predicted octanol–water partition coefficient (Wildman–Crippen LogP) is 2.03. The maximum atomic E-state index is 12.4. The van der Waals surface area contributed by atoms with Crippen LogP contribution in [-0.4, -0.2) is 13.4 Å². The van der Waals surface area contributed by atoms with Gasteiger partial charge in [0.15, 0.2) is 5.03 Å². The average Bonchev–Trinajstić information content (AvgIpc) is 2.00. The minimum Gasteiger partial charge on any atom is -0.232 e. The molecule has 0 spiro atoms. The van der Waals surface area contributed by atoms with E-state index in [0.717, 1.165) is 0 Å². The van der Waals surface area contributed by atoms with E-state index in [1.165, 1.54) is 6.07 Å². The fourth-order valence-corrected chi connectivity index (χ4v) is 3.64. The van der Waals surface area contributed by atoms with Crippen LogP contribution < -0.4 is 5.14 Å². The molecule has 1 rings (SSSR count). The van der Waals surface area contributed by atoms with Gasteiger partial charge in [-0.1, -0.05) is 0 Å². The average molecular weight is 413 g/mol. The lowest BCUT2D eigenvalue weighted by molar-refractivity contribution is 0.144. The first-order valence-electron chi connectivity index (χ1n) is 3.40. The highest BCUT2D eigenvalue weighted by atomic mass is 127. The van der Waals surface area contributed by atoms with Gasteiger partial charge in [0.05, 0.1) is 3.57 Å². The summed E-state index contributed by atoms with van der Waals surface area (Å²) in [6.45, 7) is 0. The maximum absolute atomic E-state index is 12.4. The Morgan fingerprint density at radius 2 is 2.07 bits per heavy atom. The van der Waals surface area contributed by atoms with Crippen LogP contribution in [0.4, 0.5) is 8.78 Å². The highest BCUT2D eigenvalue weighted by Crippen LogP contribution is 2.29. The number of nitrogens with two attached hydrogens (primary N) is 1. The van der Waals surface area contributed by atoms with Crippen molar-refractivity contribution in [1.29, 1.82) is 0 Å². The Kier molecular flexibility index (Phi) is 4.01. The van der Waals surface area contributed by atoms with Gasteiger partial charge in [0, 0.05) is 4.47 Å². The number of sulfonamides is 1. The van der Waals surface area contributed by atoms with Gasteiger partial charge in [-0.2, -0.15) is 0 Å². The van der Waals surface area contributed by atoms with E-state index in [-0.39, 0.29) is 8.04 Å². The van der Waals surface area contributed by atoms with Crippen LogP contribution in [0.3, 0.4) is 0 Å². The zero-order valence-corrected chi connectivity index (χ0v) is 11.5. The fraction of sp³-hybridized carbons (Fsp3) is 0.167. The number of hydrogen-bond donors (Lipinski definition) is 1. The molecule has 0 atom stereocenters. The predicted molar refractivity (Wildman–Crippen MR) is 61.0 cm³/mol. The van der Waals surface area contributed by atoms with Crippen molar-refractivity contribution in [2.75, 3.05) is 0 Å². The van der Waals surface area contributed by atoms with Crippen LogP contribution in [-0.2, 0) is 10.0 Å². The Bertz CT molecular complexity index is 494. The third kappa shape index (κ3) is 3.04. The summed E-state index contributed by atoms with van der Waals surface area (Å²) in [6.07, 6.45) is -2.86. The van der Waals surface area contributed by atoms with Gasteiger partial charge in [0.2, 0.25) is 0 Å². The third-order valence-electron chi connectivity index (χ3n) is 1.40. The summed E-state index contributed by atoms with van der Waals surface area (Å²) in [5, 5.41) is 4.28. The van der Waals surface area contributed by atoms with Gasteiger partial charge in [0.1, 0.15) is 5.69 Å². The monoisotopic (exact) mass is 412 g/mol. The van der Waals surface area contributed by atoms with Gasteiger partial charge < -0.3 is 0 Å². The van der Waals surface area contributed by atoms with Crippen LogP contribution in [0.15, 0.2) is 15.6 Å². The van der Waals surface area contributed by atoms with Crippen LogP contribution >= 0.6 is 38.5 Å². The second kappa shape index (κ2) is 4.55. The number of halogens is 4. The van der Waals surface area contributed by atoms with E-state index in [1.54, 1.807) is 22.6 Å². The molecule has 1 aromatic rings. The number of pyridine rings is 1. The van der Waals surface area contributed by atoms with Crippen molar-refractivity contribution >= 4 is 48.5 Å². The molecule has 1 heterocycles. The molecule has 0 saturated heterocycles. The lowest BCUT2D eigenvalue weighted by Gasteiger charge is -2.06. The minimum atomic E-state index is -4.08. The van der Waals surface area contributed by atoms with E-state index in [9.17, 15) is 17.2 Å². The molecule has 4 nitrogen and oxygen atoms in total. The summed E-state index contributed by atoms with van der Waals surface area (Å²) >= 11 is 4.52. The van der Waals surface area contributed by atoms with E-state index in [0.29, 0.717) is 0 Å². The number of rotatable bonds is 2. The molecule has 0 amide bonds. The molecule has 2 N–H and O–H groups in total.